The molecule has 8 heteroatoms. The van der Waals surface area contributed by atoms with Crippen molar-refractivity contribution in [2.75, 3.05) is 16.8 Å². The number of hydrogen-bond donors (Lipinski definition) is 1. The molecule has 1 N–H and O–H groups in total. The lowest BCUT2D eigenvalue weighted by atomic mass is 10.1. The van der Waals surface area contributed by atoms with Crippen molar-refractivity contribution in [3.63, 3.8) is 0 Å². The van der Waals surface area contributed by atoms with E-state index in [4.69, 9.17) is 0 Å². The SMILES string of the molecule is O=S(=O)(c1ccccc1NC1CCCSC1)C(F)(F)F. The highest BCUT2D eigenvalue weighted by Crippen LogP contribution is 2.35. The Hall–Kier alpha value is -0.890. The molecule has 1 aromatic rings. The number of anilines is 1. The van der Waals surface area contributed by atoms with E-state index >= 15 is 0 Å². The minimum absolute atomic E-state index is 0.00154. The second-order valence-corrected chi connectivity index (χ2v) is 7.56. The highest BCUT2D eigenvalue weighted by atomic mass is 32.2. The van der Waals surface area contributed by atoms with Crippen LogP contribution in [0.3, 0.4) is 0 Å². The largest absolute Gasteiger partial charge is 0.501 e. The van der Waals surface area contributed by atoms with E-state index in [9.17, 15) is 21.6 Å². The number of sulfone groups is 1. The van der Waals surface area contributed by atoms with E-state index in [1.165, 1.54) is 18.2 Å². The third-order valence-corrected chi connectivity index (χ3v) is 5.76. The summed E-state index contributed by atoms with van der Waals surface area (Å²) in [6.07, 6.45) is 1.80. The van der Waals surface area contributed by atoms with E-state index in [0.717, 1.165) is 30.4 Å². The number of para-hydroxylation sites is 1. The van der Waals surface area contributed by atoms with Gasteiger partial charge in [0, 0.05) is 11.8 Å². The number of benzene rings is 1. The summed E-state index contributed by atoms with van der Waals surface area (Å²) in [6, 6.07) is 5.17. The summed E-state index contributed by atoms with van der Waals surface area (Å²) >= 11 is 1.71. The van der Waals surface area contributed by atoms with Gasteiger partial charge < -0.3 is 5.32 Å². The molecule has 0 bridgehead atoms. The van der Waals surface area contributed by atoms with Gasteiger partial charge in [0.05, 0.1) is 10.6 Å². The summed E-state index contributed by atoms with van der Waals surface area (Å²) in [6.45, 7) is 0. The average Bonchev–Trinajstić information content (AvgIpc) is 2.39. The number of halogens is 3. The zero-order chi connectivity index (χ0) is 14.8. The van der Waals surface area contributed by atoms with Gasteiger partial charge in [-0.3, -0.25) is 0 Å². The van der Waals surface area contributed by atoms with Crippen molar-refractivity contribution in [1.82, 2.24) is 0 Å². The second kappa shape index (κ2) is 5.85. The molecule has 1 aromatic carbocycles. The highest BCUT2D eigenvalue weighted by molar-refractivity contribution is 7.99. The minimum Gasteiger partial charge on any atom is -0.380 e. The maximum absolute atomic E-state index is 12.7. The van der Waals surface area contributed by atoms with Gasteiger partial charge in [0.2, 0.25) is 0 Å². The van der Waals surface area contributed by atoms with E-state index in [-0.39, 0.29) is 11.7 Å². The third kappa shape index (κ3) is 3.22. The standard InChI is InChI=1S/C12H14F3NO2S2/c13-12(14,15)20(17,18)11-6-2-1-5-10(11)16-9-4-3-7-19-8-9/h1-2,5-6,9,16H,3-4,7-8H2. The third-order valence-electron chi connectivity index (χ3n) is 3.00. The first-order chi connectivity index (χ1) is 9.32. The van der Waals surface area contributed by atoms with E-state index in [0.29, 0.717) is 0 Å². The first-order valence-electron chi connectivity index (χ1n) is 6.07. The molecule has 2 rings (SSSR count). The summed E-state index contributed by atoms with van der Waals surface area (Å²) in [7, 11) is -5.33. The molecule has 1 saturated heterocycles. The van der Waals surface area contributed by atoms with E-state index in [1.807, 2.05) is 0 Å². The van der Waals surface area contributed by atoms with Crippen LogP contribution >= 0.6 is 11.8 Å². The number of hydrogen-bond acceptors (Lipinski definition) is 4. The van der Waals surface area contributed by atoms with Gasteiger partial charge in [-0.05, 0) is 30.7 Å². The number of alkyl halides is 3. The van der Waals surface area contributed by atoms with Crippen molar-refractivity contribution in [3.05, 3.63) is 24.3 Å². The topological polar surface area (TPSA) is 46.2 Å². The Labute approximate surface area is 119 Å². The maximum Gasteiger partial charge on any atom is 0.501 e. The molecular formula is C12H14F3NO2S2. The molecule has 0 aliphatic carbocycles. The van der Waals surface area contributed by atoms with Crippen molar-refractivity contribution in [2.45, 2.75) is 29.3 Å². The molecular weight excluding hydrogens is 311 g/mol. The lowest BCUT2D eigenvalue weighted by Gasteiger charge is -2.25. The van der Waals surface area contributed by atoms with Gasteiger partial charge in [0.1, 0.15) is 0 Å². The normalized spacial score (nSPS) is 20.6. The van der Waals surface area contributed by atoms with Crippen molar-refractivity contribution < 1.29 is 21.6 Å². The van der Waals surface area contributed by atoms with Crippen LogP contribution in [0.5, 0.6) is 0 Å². The Morgan fingerprint density at radius 2 is 1.95 bits per heavy atom. The van der Waals surface area contributed by atoms with E-state index in [2.05, 4.69) is 5.32 Å². The van der Waals surface area contributed by atoms with Crippen LogP contribution in [0.4, 0.5) is 18.9 Å². The lowest BCUT2D eigenvalue weighted by Crippen LogP contribution is -2.29. The molecule has 3 nitrogen and oxygen atoms in total. The van der Waals surface area contributed by atoms with Crippen LogP contribution in [0.2, 0.25) is 0 Å². The molecule has 0 radical (unpaired) electrons. The van der Waals surface area contributed by atoms with Crippen LogP contribution in [0.25, 0.3) is 0 Å². The molecule has 0 spiro atoms. The molecule has 20 heavy (non-hydrogen) atoms. The highest BCUT2D eigenvalue weighted by Gasteiger charge is 2.48. The number of rotatable bonds is 3. The van der Waals surface area contributed by atoms with Crippen LogP contribution < -0.4 is 5.32 Å². The first kappa shape index (κ1) is 15.5. The summed E-state index contributed by atoms with van der Waals surface area (Å²) in [5.74, 6) is 1.79. The molecule has 1 aliphatic heterocycles. The number of thioether (sulfide) groups is 1. The Morgan fingerprint density at radius 1 is 1.25 bits per heavy atom. The van der Waals surface area contributed by atoms with Crippen molar-refractivity contribution in [2.24, 2.45) is 0 Å². The van der Waals surface area contributed by atoms with Crippen LogP contribution in [-0.2, 0) is 9.84 Å². The summed E-state index contributed by atoms with van der Waals surface area (Å²) in [5.41, 5.74) is -5.26. The van der Waals surface area contributed by atoms with Crippen LogP contribution in [0, 0.1) is 0 Å². The molecule has 1 aliphatic rings. The molecule has 1 unspecified atom stereocenters. The van der Waals surface area contributed by atoms with Gasteiger partial charge in [-0.2, -0.15) is 24.9 Å². The number of nitrogens with one attached hydrogen (secondary N) is 1. The molecule has 0 aromatic heterocycles. The van der Waals surface area contributed by atoms with Gasteiger partial charge >= 0.3 is 5.51 Å². The monoisotopic (exact) mass is 325 g/mol. The molecule has 112 valence electrons. The molecule has 1 heterocycles. The zero-order valence-electron chi connectivity index (χ0n) is 10.5. The lowest BCUT2D eigenvalue weighted by molar-refractivity contribution is -0.0435. The Bertz CT molecular complexity index is 566. The summed E-state index contributed by atoms with van der Waals surface area (Å²) < 4.78 is 61.1. The predicted molar refractivity (Wildman–Crippen MR) is 73.7 cm³/mol. The van der Waals surface area contributed by atoms with Crippen molar-refractivity contribution >= 4 is 27.3 Å². The van der Waals surface area contributed by atoms with E-state index in [1.54, 1.807) is 11.8 Å². The molecule has 1 fully saturated rings. The predicted octanol–water partition coefficient (Wildman–Crippen LogP) is 3.29. The fourth-order valence-corrected chi connectivity index (χ4v) is 4.01. The van der Waals surface area contributed by atoms with Gasteiger partial charge in [-0.1, -0.05) is 12.1 Å². The summed E-state index contributed by atoms with van der Waals surface area (Å²) in [5, 5.41) is 2.93. The molecule has 1 atom stereocenters. The minimum atomic E-state index is -5.33. The second-order valence-electron chi connectivity index (χ2n) is 4.50. The molecule has 0 amide bonds. The summed E-state index contributed by atoms with van der Waals surface area (Å²) in [4.78, 5) is -0.705. The van der Waals surface area contributed by atoms with E-state index < -0.39 is 20.2 Å². The maximum atomic E-state index is 12.7. The zero-order valence-corrected chi connectivity index (χ0v) is 12.1. The van der Waals surface area contributed by atoms with Crippen molar-refractivity contribution in [3.8, 4) is 0 Å². The Balaban J connectivity index is 2.31. The fourth-order valence-electron chi connectivity index (χ4n) is 2.02. The van der Waals surface area contributed by atoms with Gasteiger partial charge in [0.25, 0.3) is 9.84 Å². The smallest absolute Gasteiger partial charge is 0.380 e. The van der Waals surface area contributed by atoms with Crippen molar-refractivity contribution in [1.29, 1.82) is 0 Å². The van der Waals surface area contributed by atoms with Crippen LogP contribution in [0.15, 0.2) is 29.2 Å². The average molecular weight is 325 g/mol. The van der Waals surface area contributed by atoms with Gasteiger partial charge in [-0.25, -0.2) is 8.42 Å². The van der Waals surface area contributed by atoms with Crippen LogP contribution in [-0.4, -0.2) is 31.5 Å². The van der Waals surface area contributed by atoms with Gasteiger partial charge in [-0.15, -0.1) is 0 Å². The first-order valence-corrected chi connectivity index (χ1v) is 8.71. The Kier molecular flexibility index (Phi) is 4.53. The fraction of sp³-hybridized carbons (Fsp3) is 0.500. The molecule has 0 saturated carbocycles. The quantitative estimate of drug-likeness (QED) is 0.926. The Morgan fingerprint density at radius 3 is 2.55 bits per heavy atom. The van der Waals surface area contributed by atoms with Gasteiger partial charge in [0.15, 0.2) is 0 Å². The van der Waals surface area contributed by atoms with Crippen LogP contribution in [0.1, 0.15) is 12.8 Å².